The number of nitrogens with one attached hydrogen (secondary N) is 1. The molecule has 0 radical (unpaired) electrons. The number of hydrogen-bond donors (Lipinski definition) is 1. The minimum Gasteiger partial charge on any atom is -0.472 e. The SMILES string of the molecule is C=C/C(=C\C=C\Cl)c1cc(COC(=N)C2C(C)=CSC2N=C)on1. The van der Waals surface area contributed by atoms with Gasteiger partial charge in [0.1, 0.15) is 11.1 Å². The number of aliphatic imine (C=N–C) groups is 1. The maximum absolute atomic E-state index is 8.14. The van der Waals surface area contributed by atoms with E-state index in [0.717, 1.165) is 11.1 Å². The van der Waals surface area contributed by atoms with Gasteiger partial charge in [-0.1, -0.05) is 47.1 Å². The molecule has 2 rings (SSSR count). The Balaban J connectivity index is 2.00. The maximum atomic E-state index is 8.14. The van der Waals surface area contributed by atoms with Crippen LogP contribution in [0.4, 0.5) is 0 Å². The Morgan fingerprint density at radius 3 is 3.08 bits per heavy atom. The number of hydrogen-bond acceptors (Lipinski definition) is 6. The van der Waals surface area contributed by atoms with Crippen LogP contribution in [0.15, 0.2) is 56.9 Å². The Kier molecular flexibility index (Phi) is 6.63. The number of ether oxygens (including phenoxy) is 1. The fraction of sp³-hybridized carbons (Fsp3) is 0.235. The summed E-state index contributed by atoms with van der Waals surface area (Å²) in [6, 6.07) is 1.75. The number of aromatic nitrogens is 1. The quantitative estimate of drug-likeness (QED) is 0.429. The van der Waals surface area contributed by atoms with Crippen molar-refractivity contribution >= 4 is 41.6 Å². The van der Waals surface area contributed by atoms with Crippen LogP contribution in [-0.4, -0.2) is 23.1 Å². The Labute approximate surface area is 150 Å². The Hall–Kier alpha value is -2.05. The van der Waals surface area contributed by atoms with E-state index in [0.29, 0.717) is 11.5 Å². The number of halogens is 1. The van der Waals surface area contributed by atoms with Gasteiger partial charge in [-0.25, -0.2) is 0 Å². The lowest BCUT2D eigenvalue weighted by atomic mass is 10.0. The summed E-state index contributed by atoms with van der Waals surface area (Å²) in [5, 5.41) is 14.0. The highest BCUT2D eigenvalue weighted by Gasteiger charge is 2.32. The summed E-state index contributed by atoms with van der Waals surface area (Å²) in [6.45, 7) is 9.39. The molecule has 24 heavy (non-hydrogen) atoms. The molecule has 1 aliphatic rings. The monoisotopic (exact) mass is 363 g/mol. The molecule has 0 saturated carbocycles. The predicted molar refractivity (Wildman–Crippen MR) is 100 cm³/mol. The molecule has 1 aromatic heterocycles. The number of allylic oxidation sites excluding steroid dienone is 4. The van der Waals surface area contributed by atoms with Crippen molar-refractivity contribution in [2.45, 2.75) is 18.9 Å². The van der Waals surface area contributed by atoms with E-state index < -0.39 is 0 Å². The van der Waals surface area contributed by atoms with Crippen molar-refractivity contribution in [1.29, 1.82) is 5.41 Å². The maximum Gasteiger partial charge on any atom is 0.191 e. The van der Waals surface area contributed by atoms with Crippen LogP contribution in [0.25, 0.3) is 5.57 Å². The van der Waals surface area contributed by atoms with Crippen molar-refractivity contribution in [2.75, 3.05) is 0 Å². The van der Waals surface area contributed by atoms with Crippen molar-refractivity contribution in [3.63, 3.8) is 0 Å². The van der Waals surface area contributed by atoms with Gasteiger partial charge in [0.2, 0.25) is 0 Å². The first-order chi connectivity index (χ1) is 11.6. The zero-order valence-electron chi connectivity index (χ0n) is 13.2. The predicted octanol–water partition coefficient (Wildman–Crippen LogP) is 4.78. The minimum absolute atomic E-state index is 0.111. The van der Waals surface area contributed by atoms with Crippen molar-refractivity contribution in [3.8, 4) is 0 Å². The molecule has 1 aromatic rings. The molecule has 7 heteroatoms. The summed E-state index contributed by atoms with van der Waals surface area (Å²) in [7, 11) is 0. The molecule has 0 spiro atoms. The normalized spacial score (nSPS) is 20.9. The lowest BCUT2D eigenvalue weighted by molar-refractivity contribution is 0.224. The molecule has 2 atom stereocenters. The van der Waals surface area contributed by atoms with Gasteiger partial charge >= 0.3 is 0 Å². The summed E-state index contributed by atoms with van der Waals surface area (Å²) >= 11 is 7.06. The van der Waals surface area contributed by atoms with Crippen LogP contribution in [0.5, 0.6) is 0 Å². The molecule has 1 N–H and O–H groups in total. The summed E-state index contributed by atoms with van der Waals surface area (Å²) < 4.78 is 10.8. The fourth-order valence-electron chi connectivity index (χ4n) is 2.19. The summed E-state index contributed by atoms with van der Waals surface area (Å²) in [6.07, 6.45) is 5.11. The van der Waals surface area contributed by atoms with Crippen molar-refractivity contribution < 1.29 is 9.26 Å². The summed E-state index contributed by atoms with van der Waals surface area (Å²) in [5.41, 5.74) is 3.85. The van der Waals surface area contributed by atoms with Crippen LogP contribution in [0.3, 0.4) is 0 Å². The van der Waals surface area contributed by atoms with Crippen LogP contribution in [-0.2, 0) is 11.3 Å². The fourth-order valence-corrected chi connectivity index (χ4v) is 3.35. The second-order valence-electron chi connectivity index (χ2n) is 5.02. The standard InChI is InChI=1S/C17H18ClN3O2S/c1-4-12(6-5-7-18)14-8-13(23-21-14)9-22-16(19)15-11(2)10-24-17(15)20-3/h4-8,10,15,17,19H,1,3,9H2,2H3/b7-5+,12-6+,19-16?. The highest BCUT2D eigenvalue weighted by Crippen LogP contribution is 2.37. The van der Waals surface area contributed by atoms with Gasteiger partial charge in [-0.05, 0) is 19.0 Å². The van der Waals surface area contributed by atoms with Gasteiger partial charge in [0.05, 0.1) is 5.92 Å². The smallest absolute Gasteiger partial charge is 0.191 e. The molecule has 0 aliphatic carbocycles. The highest BCUT2D eigenvalue weighted by atomic mass is 35.5. The molecule has 1 aliphatic heterocycles. The summed E-state index contributed by atoms with van der Waals surface area (Å²) in [5.74, 6) is 0.480. The van der Waals surface area contributed by atoms with E-state index in [1.54, 1.807) is 36.1 Å². The van der Waals surface area contributed by atoms with E-state index in [1.165, 1.54) is 5.54 Å². The van der Waals surface area contributed by atoms with Gasteiger partial charge in [0, 0.05) is 17.2 Å². The van der Waals surface area contributed by atoms with Gasteiger partial charge in [0.25, 0.3) is 0 Å². The molecule has 2 unspecified atom stereocenters. The minimum atomic E-state index is -0.188. The van der Waals surface area contributed by atoms with Gasteiger partial charge in [-0.2, -0.15) is 0 Å². The third-order valence-corrected chi connectivity index (χ3v) is 4.78. The average Bonchev–Trinajstić information content (AvgIpc) is 3.20. The van der Waals surface area contributed by atoms with E-state index in [1.807, 2.05) is 12.3 Å². The Morgan fingerprint density at radius 1 is 1.62 bits per heavy atom. The van der Waals surface area contributed by atoms with Crippen LogP contribution in [0.1, 0.15) is 18.4 Å². The number of rotatable bonds is 7. The molecular formula is C17H18ClN3O2S. The van der Waals surface area contributed by atoms with Gasteiger partial charge in [0.15, 0.2) is 18.3 Å². The summed E-state index contributed by atoms with van der Waals surface area (Å²) in [4.78, 5) is 4.03. The second kappa shape index (κ2) is 8.70. The first kappa shape index (κ1) is 18.3. The van der Waals surface area contributed by atoms with Crippen LogP contribution < -0.4 is 0 Å². The van der Waals surface area contributed by atoms with E-state index in [4.69, 9.17) is 26.3 Å². The van der Waals surface area contributed by atoms with Crippen molar-refractivity contribution in [2.24, 2.45) is 10.9 Å². The van der Waals surface area contributed by atoms with E-state index >= 15 is 0 Å². The zero-order chi connectivity index (χ0) is 17.5. The van der Waals surface area contributed by atoms with Crippen LogP contribution in [0, 0.1) is 11.3 Å². The lowest BCUT2D eigenvalue weighted by Crippen LogP contribution is -2.24. The van der Waals surface area contributed by atoms with Crippen LogP contribution in [0.2, 0.25) is 0 Å². The molecule has 0 bridgehead atoms. The van der Waals surface area contributed by atoms with Crippen LogP contribution >= 0.6 is 23.4 Å². The molecular weight excluding hydrogens is 346 g/mol. The zero-order valence-corrected chi connectivity index (χ0v) is 14.8. The van der Waals surface area contributed by atoms with Gasteiger partial charge in [-0.3, -0.25) is 10.4 Å². The topological polar surface area (TPSA) is 71.5 Å². The Bertz CT molecular complexity index is 721. The van der Waals surface area contributed by atoms with E-state index in [9.17, 15) is 0 Å². The van der Waals surface area contributed by atoms with Crippen molar-refractivity contribution in [1.82, 2.24) is 5.16 Å². The lowest BCUT2D eigenvalue weighted by Gasteiger charge is -2.17. The molecule has 0 amide bonds. The molecule has 0 aromatic carbocycles. The largest absolute Gasteiger partial charge is 0.472 e. The second-order valence-corrected chi connectivity index (χ2v) is 6.27. The molecule has 5 nitrogen and oxygen atoms in total. The van der Waals surface area contributed by atoms with E-state index in [-0.39, 0.29) is 23.8 Å². The highest BCUT2D eigenvalue weighted by molar-refractivity contribution is 8.03. The molecule has 0 saturated heterocycles. The Morgan fingerprint density at radius 2 is 2.42 bits per heavy atom. The first-order valence-corrected chi connectivity index (χ1v) is 8.53. The third kappa shape index (κ3) is 4.27. The molecule has 126 valence electrons. The molecule has 0 fully saturated rings. The van der Waals surface area contributed by atoms with E-state index in [2.05, 4.69) is 23.4 Å². The van der Waals surface area contributed by atoms with Gasteiger partial charge in [-0.15, -0.1) is 11.8 Å². The first-order valence-electron chi connectivity index (χ1n) is 7.15. The molecule has 2 heterocycles. The number of nitrogens with zero attached hydrogens (tertiary/aromatic N) is 2. The third-order valence-electron chi connectivity index (χ3n) is 3.42. The van der Waals surface area contributed by atoms with Gasteiger partial charge < -0.3 is 9.26 Å². The van der Waals surface area contributed by atoms with Crippen molar-refractivity contribution in [3.05, 3.63) is 58.8 Å². The number of thioether (sulfide) groups is 1. The average molecular weight is 364 g/mol.